The molecule has 2 heterocycles. The van der Waals surface area contributed by atoms with Crippen LogP contribution >= 0.6 is 0 Å². The van der Waals surface area contributed by atoms with E-state index in [0.29, 0.717) is 0 Å². The lowest BCUT2D eigenvalue weighted by molar-refractivity contribution is 0.660. The third-order valence-corrected chi connectivity index (χ3v) is 11.5. The molecule has 10 aromatic rings. The van der Waals surface area contributed by atoms with Gasteiger partial charge in [-0.2, -0.15) is 0 Å². The molecule has 0 amide bonds. The molecule has 8 aromatic carbocycles. The van der Waals surface area contributed by atoms with Gasteiger partial charge in [0, 0.05) is 49.5 Å². The molecule has 3 nitrogen and oxygen atoms in total. The number of hydrogen-bond acceptors (Lipinski definition) is 3. The van der Waals surface area contributed by atoms with Gasteiger partial charge in [0.1, 0.15) is 22.3 Å². The zero-order valence-corrected chi connectivity index (χ0v) is 30.0. The molecular weight excluding hydrogens is 659 g/mol. The third-order valence-electron chi connectivity index (χ3n) is 11.5. The molecule has 0 N–H and O–H groups in total. The molecule has 0 radical (unpaired) electrons. The highest BCUT2D eigenvalue weighted by Crippen LogP contribution is 2.51. The summed E-state index contributed by atoms with van der Waals surface area (Å²) in [6.07, 6.45) is 0. The van der Waals surface area contributed by atoms with E-state index < -0.39 is 0 Å². The topological polar surface area (TPSA) is 29.5 Å². The summed E-state index contributed by atoms with van der Waals surface area (Å²) in [7, 11) is 0. The summed E-state index contributed by atoms with van der Waals surface area (Å²) in [5.74, 6) is 0. The van der Waals surface area contributed by atoms with Gasteiger partial charge in [-0.05, 0) is 81.9 Å². The highest BCUT2D eigenvalue weighted by Gasteiger charge is 2.36. The third kappa shape index (κ3) is 4.55. The molecule has 1 aliphatic rings. The second-order valence-electron chi connectivity index (χ2n) is 14.9. The fourth-order valence-corrected chi connectivity index (χ4v) is 8.83. The van der Waals surface area contributed by atoms with Crippen molar-refractivity contribution >= 4 is 60.9 Å². The molecule has 0 saturated heterocycles. The van der Waals surface area contributed by atoms with E-state index in [1.54, 1.807) is 0 Å². The molecular formula is C51H35NO2. The minimum atomic E-state index is -0.129. The van der Waals surface area contributed by atoms with Crippen LogP contribution in [0, 0.1) is 0 Å². The number of hydrogen-bond donors (Lipinski definition) is 0. The predicted molar refractivity (Wildman–Crippen MR) is 224 cm³/mol. The van der Waals surface area contributed by atoms with Gasteiger partial charge < -0.3 is 13.7 Å². The van der Waals surface area contributed by atoms with Crippen LogP contribution in [-0.4, -0.2) is 0 Å². The van der Waals surface area contributed by atoms with Gasteiger partial charge in [0.15, 0.2) is 0 Å². The summed E-state index contributed by atoms with van der Waals surface area (Å²) < 4.78 is 13.3. The summed E-state index contributed by atoms with van der Waals surface area (Å²) in [4.78, 5) is 2.41. The van der Waals surface area contributed by atoms with Crippen LogP contribution in [0.3, 0.4) is 0 Å². The minimum absolute atomic E-state index is 0.129. The number of furan rings is 2. The van der Waals surface area contributed by atoms with Gasteiger partial charge in [0.2, 0.25) is 0 Å². The maximum absolute atomic E-state index is 6.68. The van der Waals surface area contributed by atoms with Gasteiger partial charge in [-0.15, -0.1) is 0 Å². The van der Waals surface area contributed by atoms with E-state index in [1.165, 1.54) is 27.8 Å². The molecule has 0 spiro atoms. The summed E-state index contributed by atoms with van der Waals surface area (Å²) in [6, 6.07) is 62.9. The Balaban J connectivity index is 1.12. The lowest BCUT2D eigenvalue weighted by Gasteiger charge is -2.30. The van der Waals surface area contributed by atoms with E-state index in [1.807, 2.05) is 6.07 Å². The molecule has 0 bridgehead atoms. The average molecular weight is 694 g/mol. The van der Waals surface area contributed by atoms with Crippen molar-refractivity contribution in [3.05, 3.63) is 187 Å². The van der Waals surface area contributed by atoms with Crippen molar-refractivity contribution in [3.63, 3.8) is 0 Å². The number of nitrogens with zero attached hydrogens (tertiary/aromatic N) is 1. The minimum Gasteiger partial charge on any atom is -0.456 e. The van der Waals surface area contributed by atoms with Crippen LogP contribution in [0.2, 0.25) is 0 Å². The van der Waals surface area contributed by atoms with Gasteiger partial charge >= 0.3 is 0 Å². The number of para-hydroxylation sites is 2. The molecule has 11 rings (SSSR count). The second-order valence-corrected chi connectivity index (χ2v) is 14.9. The van der Waals surface area contributed by atoms with Crippen molar-refractivity contribution in [2.24, 2.45) is 0 Å². The standard InChI is InChI=1S/C51H35NO2/c1-51(2)44-22-11-9-19-38(44)39-26-24-35(29-45(39)51)52(46-23-12-10-18-36(46)32-14-5-3-6-15-32)34-25-27-47-41(28-34)43-31-49-42(30-48(43)53-47)40-21-13-20-37(50(40)54-49)33-16-7-4-8-17-33/h3-31H,1-2H3. The average Bonchev–Trinajstić information content (AvgIpc) is 3.84. The number of anilines is 3. The van der Waals surface area contributed by atoms with Crippen LogP contribution in [0.15, 0.2) is 185 Å². The van der Waals surface area contributed by atoms with E-state index in [4.69, 9.17) is 8.83 Å². The predicted octanol–water partition coefficient (Wildman–Crippen LogP) is 14.6. The van der Waals surface area contributed by atoms with Crippen LogP contribution in [0.5, 0.6) is 0 Å². The van der Waals surface area contributed by atoms with Crippen molar-refractivity contribution < 1.29 is 8.83 Å². The summed E-state index contributed by atoms with van der Waals surface area (Å²) in [6.45, 7) is 4.68. The molecule has 0 unspecified atom stereocenters. The van der Waals surface area contributed by atoms with E-state index in [9.17, 15) is 0 Å². The largest absolute Gasteiger partial charge is 0.456 e. The second kappa shape index (κ2) is 11.6. The highest BCUT2D eigenvalue weighted by atomic mass is 16.3. The Kier molecular flexibility index (Phi) is 6.60. The molecule has 0 saturated carbocycles. The maximum atomic E-state index is 6.68. The lowest BCUT2D eigenvalue weighted by atomic mass is 9.82. The Morgan fingerprint density at radius 2 is 0.963 bits per heavy atom. The van der Waals surface area contributed by atoms with Gasteiger partial charge in [-0.25, -0.2) is 0 Å². The normalized spacial score (nSPS) is 13.1. The molecule has 2 aromatic heterocycles. The van der Waals surface area contributed by atoms with E-state index in [2.05, 4.69) is 189 Å². The number of fused-ring (bicyclic) bond motifs is 9. The van der Waals surface area contributed by atoms with Crippen LogP contribution in [0.4, 0.5) is 17.1 Å². The first-order valence-corrected chi connectivity index (χ1v) is 18.6. The van der Waals surface area contributed by atoms with Gasteiger partial charge in [0.05, 0.1) is 5.69 Å². The Hall–Kier alpha value is -6.84. The summed E-state index contributed by atoms with van der Waals surface area (Å²) in [5.41, 5.74) is 16.4. The molecule has 256 valence electrons. The van der Waals surface area contributed by atoms with Crippen LogP contribution in [-0.2, 0) is 5.41 Å². The highest BCUT2D eigenvalue weighted by molar-refractivity contribution is 6.17. The first-order valence-electron chi connectivity index (χ1n) is 18.6. The zero-order valence-electron chi connectivity index (χ0n) is 30.0. The molecule has 0 atom stereocenters. The van der Waals surface area contributed by atoms with Crippen LogP contribution in [0.1, 0.15) is 25.0 Å². The number of benzene rings is 8. The first-order chi connectivity index (χ1) is 26.5. The fourth-order valence-electron chi connectivity index (χ4n) is 8.83. The molecule has 0 aliphatic heterocycles. The maximum Gasteiger partial charge on any atom is 0.143 e. The molecule has 1 aliphatic carbocycles. The lowest BCUT2D eigenvalue weighted by Crippen LogP contribution is -2.16. The smallest absolute Gasteiger partial charge is 0.143 e. The van der Waals surface area contributed by atoms with Crippen molar-refractivity contribution in [1.82, 2.24) is 0 Å². The van der Waals surface area contributed by atoms with Crippen LogP contribution < -0.4 is 4.90 Å². The van der Waals surface area contributed by atoms with Crippen molar-refractivity contribution in [3.8, 4) is 33.4 Å². The summed E-state index contributed by atoms with van der Waals surface area (Å²) in [5, 5.41) is 4.21. The van der Waals surface area contributed by atoms with Gasteiger partial charge in [-0.1, -0.05) is 141 Å². The van der Waals surface area contributed by atoms with Crippen molar-refractivity contribution in [1.29, 1.82) is 0 Å². The molecule has 0 fully saturated rings. The van der Waals surface area contributed by atoms with Crippen molar-refractivity contribution in [2.45, 2.75) is 19.3 Å². The Morgan fingerprint density at radius 3 is 1.76 bits per heavy atom. The monoisotopic (exact) mass is 693 g/mol. The van der Waals surface area contributed by atoms with Crippen molar-refractivity contribution in [2.75, 3.05) is 4.90 Å². The van der Waals surface area contributed by atoms with Crippen LogP contribution in [0.25, 0.3) is 77.3 Å². The zero-order chi connectivity index (χ0) is 36.0. The summed E-state index contributed by atoms with van der Waals surface area (Å²) >= 11 is 0. The fraction of sp³-hybridized carbons (Fsp3) is 0.0588. The van der Waals surface area contributed by atoms with Gasteiger partial charge in [-0.3, -0.25) is 0 Å². The van der Waals surface area contributed by atoms with E-state index >= 15 is 0 Å². The Labute approximate surface area is 313 Å². The quantitative estimate of drug-likeness (QED) is 0.180. The van der Waals surface area contributed by atoms with E-state index in [-0.39, 0.29) is 5.41 Å². The Morgan fingerprint density at radius 1 is 0.389 bits per heavy atom. The molecule has 3 heteroatoms. The van der Waals surface area contributed by atoms with E-state index in [0.717, 1.165) is 77.6 Å². The first kappa shape index (κ1) is 30.8. The Bertz CT molecular complexity index is 3080. The molecule has 54 heavy (non-hydrogen) atoms. The van der Waals surface area contributed by atoms with Gasteiger partial charge in [0.25, 0.3) is 0 Å². The number of rotatable bonds is 5. The SMILES string of the molecule is CC1(C)c2ccccc2-c2ccc(N(c3ccc4oc5cc6c(cc5c4c3)oc3c(-c4ccccc4)cccc36)c3ccccc3-c3ccccc3)cc21.